The Morgan fingerprint density at radius 1 is 1.20 bits per heavy atom. The van der Waals surface area contributed by atoms with Gasteiger partial charge >= 0.3 is 0 Å². The van der Waals surface area contributed by atoms with Crippen LogP contribution in [0.2, 0.25) is 0 Å². The minimum absolute atomic E-state index is 0.122. The maximum atomic E-state index is 8.85. The largest absolute Gasteiger partial charge is 0.395 e. The van der Waals surface area contributed by atoms with Crippen LogP contribution >= 0.6 is 0 Å². The zero-order chi connectivity index (χ0) is 11.4. The Hall–Kier alpha value is -1.36. The van der Waals surface area contributed by atoms with Crippen molar-refractivity contribution in [3.63, 3.8) is 0 Å². The molecule has 0 saturated carbocycles. The van der Waals surface area contributed by atoms with Crippen LogP contribution in [0.1, 0.15) is 5.82 Å². The summed E-state index contributed by atoms with van der Waals surface area (Å²) in [6.45, 7) is 2.56. The molecule has 0 aliphatic rings. The highest BCUT2D eigenvalue weighted by Crippen LogP contribution is 2.15. The van der Waals surface area contributed by atoms with Gasteiger partial charge in [-0.2, -0.15) is 0 Å². The minimum atomic E-state index is 0.122. The van der Waals surface area contributed by atoms with Gasteiger partial charge in [0.1, 0.15) is 17.5 Å². The van der Waals surface area contributed by atoms with E-state index in [-0.39, 0.29) is 6.61 Å². The van der Waals surface area contributed by atoms with Crippen molar-refractivity contribution in [2.45, 2.75) is 6.92 Å². The van der Waals surface area contributed by atoms with E-state index in [9.17, 15) is 0 Å². The quantitative estimate of drug-likeness (QED) is 0.773. The highest BCUT2D eigenvalue weighted by atomic mass is 16.3. The van der Waals surface area contributed by atoms with Gasteiger partial charge < -0.3 is 14.9 Å². The fourth-order valence-electron chi connectivity index (χ4n) is 1.23. The number of likely N-dealkylation sites (N-methyl/N-ethyl adjacent to an activating group) is 1. The molecule has 0 aromatic carbocycles. The first-order valence-corrected chi connectivity index (χ1v) is 4.89. The number of hydrogen-bond donors (Lipinski definition) is 1. The SMILES string of the molecule is Cc1nc(N(C)C)cc(N(C)CCO)n1. The molecule has 0 atom stereocenters. The Kier molecular flexibility index (Phi) is 3.85. The lowest BCUT2D eigenvalue weighted by atomic mass is 10.4. The van der Waals surface area contributed by atoms with Crippen molar-refractivity contribution in [2.24, 2.45) is 0 Å². The van der Waals surface area contributed by atoms with Crippen molar-refractivity contribution in [2.75, 3.05) is 44.1 Å². The van der Waals surface area contributed by atoms with Crippen LogP contribution in [0.5, 0.6) is 0 Å². The van der Waals surface area contributed by atoms with Gasteiger partial charge in [0.25, 0.3) is 0 Å². The number of hydrogen-bond acceptors (Lipinski definition) is 5. The maximum absolute atomic E-state index is 8.85. The van der Waals surface area contributed by atoms with Crippen LogP contribution in [0, 0.1) is 6.92 Å². The molecular weight excluding hydrogens is 192 g/mol. The molecule has 0 radical (unpaired) electrons. The monoisotopic (exact) mass is 210 g/mol. The number of rotatable bonds is 4. The summed E-state index contributed by atoms with van der Waals surface area (Å²) in [6.07, 6.45) is 0. The van der Waals surface area contributed by atoms with Crippen molar-refractivity contribution in [1.29, 1.82) is 0 Å². The number of aromatic nitrogens is 2. The normalized spacial score (nSPS) is 10.2. The van der Waals surface area contributed by atoms with E-state index in [1.54, 1.807) is 0 Å². The first-order valence-electron chi connectivity index (χ1n) is 4.89. The van der Waals surface area contributed by atoms with E-state index in [0.29, 0.717) is 6.54 Å². The van der Waals surface area contributed by atoms with Crippen LogP contribution in [-0.2, 0) is 0 Å². The average molecular weight is 210 g/mol. The third-order valence-electron chi connectivity index (χ3n) is 2.10. The summed E-state index contributed by atoms with van der Waals surface area (Å²) in [5.41, 5.74) is 0. The van der Waals surface area contributed by atoms with Gasteiger partial charge in [0.15, 0.2) is 0 Å². The second-order valence-corrected chi connectivity index (χ2v) is 3.67. The minimum Gasteiger partial charge on any atom is -0.395 e. The summed E-state index contributed by atoms with van der Waals surface area (Å²) in [4.78, 5) is 12.5. The first-order chi connectivity index (χ1) is 7.04. The second kappa shape index (κ2) is 4.93. The molecule has 1 aromatic rings. The molecule has 5 nitrogen and oxygen atoms in total. The third kappa shape index (κ3) is 3.06. The van der Waals surface area contributed by atoms with Gasteiger partial charge in [-0.3, -0.25) is 0 Å². The predicted octanol–water partition coefficient (Wildman–Crippen LogP) is 0.280. The fourth-order valence-corrected chi connectivity index (χ4v) is 1.23. The summed E-state index contributed by atoms with van der Waals surface area (Å²) in [5, 5.41) is 8.85. The molecular formula is C10H18N4O. The maximum Gasteiger partial charge on any atom is 0.134 e. The summed E-state index contributed by atoms with van der Waals surface area (Å²) < 4.78 is 0. The zero-order valence-corrected chi connectivity index (χ0v) is 9.73. The third-order valence-corrected chi connectivity index (χ3v) is 2.10. The Morgan fingerprint density at radius 3 is 2.33 bits per heavy atom. The molecule has 0 aliphatic heterocycles. The number of anilines is 2. The standard InChI is InChI=1S/C10H18N4O/c1-8-11-9(13(2)3)7-10(12-8)14(4)5-6-15/h7,15H,5-6H2,1-4H3. The molecule has 15 heavy (non-hydrogen) atoms. The van der Waals surface area contributed by atoms with E-state index >= 15 is 0 Å². The molecule has 0 spiro atoms. The van der Waals surface area contributed by atoms with E-state index in [1.165, 1.54) is 0 Å². The van der Waals surface area contributed by atoms with Gasteiger partial charge in [0.2, 0.25) is 0 Å². The molecule has 0 fully saturated rings. The predicted molar refractivity (Wildman–Crippen MR) is 61.5 cm³/mol. The van der Waals surface area contributed by atoms with Gasteiger partial charge in [-0.1, -0.05) is 0 Å². The van der Waals surface area contributed by atoms with E-state index in [2.05, 4.69) is 9.97 Å². The average Bonchev–Trinajstić information content (AvgIpc) is 2.17. The van der Waals surface area contributed by atoms with Crippen LogP contribution in [-0.4, -0.2) is 49.4 Å². The Labute approximate surface area is 90.4 Å². The Balaban J connectivity index is 2.98. The van der Waals surface area contributed by atoms with E-state index in [0.717, 1.165) is 17.5 Å². The Morgan fingerprint density at radius 2 is 1.80 bits per heavy atom. The molecule has 0 amide bonds. The van der Waals surface area contributed by atoms with Crippen LogP contribution in [0.3, 0.4) is 0 Å². The molecule has 1 heterocycles. The van der Waals surface area contributed by atoms with Gasteiger partial charge in [-0.25, -0.2) is 9.97 Å². The smallest absolute Gasteiger partial charge is 0.134 e. The summed E-state index contributed by atoms with van der Waals surface area (Å²) >= 11 is 0. The molecule has 5 heteroatoms. The van der Waals surface area contributed by atoms with Crippen molar-refractivity contribution >= 4 is 11.6 Å². The van der Waals surface area contributed by atoms with E-state index < -0.39 is 0 Å². The molecule has 0 saturated heterocycles. The number of aryl methyl sites for hydroxylation is 1. The second-order valence-electron chi connectivity index (χ2n) is 3.67. The number of aliphatic hydroxyl groups is 1. The van der Waals surface area contributed by atoms with Gasteiger partial charge in [0.05, 0.1) is 6.61 Å². The van der Waals surface area contributed by atoms with Crippen molar-refractivity contribution < 1.29 is 5.11 Å². The lowest BCUT2D eigenvalue weighted by molar-refractivity contribution is 0.304. The van der Waals surface area contributed by atoms with Crippen molar-refractivity contribution in [3.8, 4) is 0 Å². The molecule has 1 aromatic heterocycles. The fraction of sp³-hybridized carbons (Fsp3) is 0.600. The van der Waals surface area contributed by atoms with Crippen molar-refractivity contribution in [1.82, 2.24) is 9.97 Å². The molecule has 0 unspecified atom stereocenters. The van der Waals surface area contributed by atoms with Gasteiger partial charge in [-0.15, -0.1) is 0 Å². The molecule has 0 bridgehead atoms. The van der Waals surface area contributed by atoms with Crippen LogP contribution in [0.25, 0.3) is 0 Å². The lowest BCUT2D eigenvalue weighted by Gasteiger charge is -2.19. The molecule has 1 rings (SSSR count). The van der Waals surface area contributed by atoms with Crippen LogP contribution in [0.15, 0.2) is 6.07 Å². The lowest BCUT2D eigenvalue weighted by Crippen LogP contribution is -2.23. The summed E-state index contributed by atoms with van der Waals surface area (Å²) in [5.74, 6) is 2.45. The van der Waals surface area contributed by atoms with Crippen LogP contribution < -0.4 is 9.80 Å². The Bertz CT molecular complexity index is 327. The first kappa shape index (κ1) is 11.7. The number of aliphatic hydroxyl groups excluding tert-OH is 1. The van der Waals surface area contributed by atoms with Gasteiger partial charge in [0, 0.05) is 33.8 Å². The zero-order valence-electron chi connectivity index (χ0n) is 9.73. The summed E-state index contributed by atoms with van der Waals surface area (Å²) in [7, 11) is 5.78. The van der Waals surface area contributed by atoms with Crippen LogP contribution in [0.4, 0.5) is 11.6 Å². The van der Waals surface area contributed by atoms with E-state index in [1.807, 2.05) is 43.9 Å². The number of nitrogens with zero attached hydrogens (tertiary/aromatic N) is 4. The topological polar surface area (TPSA) is 52.5 Å². The molecule has 1 N–H and O–H groups in total. The van der Waals surface area contributed by atoms with Gasteiger partial charge in [-0.05, 0) is 6.92 Å². The molecule has 0 aliphatic carbocycles. The highest BCUT2D eigenvalue weighted by Gasteiger charge is 2.06. The van der Waals surface area contributed by atoms with E-state index in [4.69, 9.17) is 5.11 Å². The highest BCUT2D eigenvalue weighted by molar-refractivity contribution is 5.49. The van der Waals surface area contributed by atoms with Crippen molar-refractivity contribution in [3.05, 3.63) is 11.9 Å². The summed E-state index contributed by atoms with van der Waals surface area (Å²) in [6, 6.07) is 1.91. The molecule has 84 valence electrons.